The summed E-state index contributed by atoms with van der Waals surface area (Å²) in [6.45, 7) is 26.0. The van der Waals surface area contributed by atoms with Crippen LogP contribution in [0.1, 0.15) is 141 Å². The Balaban J connectivity index is 1.19. The van der Waals surface area contributed by atoms with Crippen LogP contribution in [0.5, 0.6) is 0 Å². The van der Waals surface area contributed by atoms with E-state index in [2.05, 4.69) is 201 Å². The Labute approximate surface area is 386 Å². The minimum absolute atomic E-state index is 0.00123. The number of hydrogen-bond donors (Lipinski definition) is 0. The van der Waals surface area contributed by atoms with Crippen LogP contribution in [0.3, 0.4) is 0 Å². The van der Waals surface area contributed by atoms with Gasteiger partial charge in [0.2, 0.25) is 0 Å². The molecule has 0 spiro atoms. The van der Waals surface area contributed by atoms with Crippen LogP contribution in [-0.4, -0.2) is 6.71 Å². The van der Waals surface area contributed by atoms with Gasteiger partial charge in [-0.05, 0) is 163 Å². The van der Waals surface area contributed by atoms with E-state index < -0.39 is 0 Å². The summed E-state index contributed by atoms with van der Waals surface area (Å²) in [6.07, 6.45) is 5.46. The smallest absolute Gasteiger partial charge is 0.264 e. The van der Waals surface area contributed by atoms with Crippen molar-refractivity contribution >= 4 is 78.0 Å². The Morgan fingerprint density at radius 1 is 0.578 bits per heavy atom. The fraction of sp³-hybridized carbons (Fsp3) is 0.367. The summed E-state index contributed by atoms with van der Waals surface area (Å²) in [4.78, 5) is 5.39. The topological polar surface area (TPSA) is 6.48 Å². The molecule has 3 heterocycles. The molecule has 0 N–H and O–H groups in total. The first-order chi connectivity index (χ1) is 30.4. The van der Waals surface area contributed by atoms with Gasteiger partial charge < -0.3 is 9.80 Å². The van der Waals surface area contributed by atoms with Crippen molar-refractivity contribution in [2.45, 2.75) is 129 Å². The highest BCUT2D eigenvalue weighted by Gasteiger charge is 2.48. The molecule has 7 aromatic rings. The van der Waals surface area contributed by atoms with Crippen molar-refractivity contribution in [1.29, 1.82) is 0 Å². The zero-order valence-corrected chi connectivity index (χ0v) is 40.7. The first-order valence-electron chi connectivity index (χ1n) is 24.2. The highest BCUT2D eigenvalue weighted by atomic mass is 32.1. The first kappa shape index (κ1) is 40.5. The zero-order chi connectivity index (χ0) is 44.4. The molecule has 3 atom stereocenters. The lowest BCUT2D eigenvalue weighted by Gasteiger charge is -2.44. The van der Waals surface area contributed by atoms with Gasteiger partial charge in [-0.2, -0.15) is 0 Å². The summed E-state index contributed by atoms with van der Waals surface area (Å²) in [5.41, 5.74) is 22.1. The molecule has 3 aliphatic carbocycles. The van der Waals surface area contributed by atoms with Crippen LogP contribution < -0.4 is 25.5 Å². The molecular weight excluding hydrogens is 792 g/mol. The van der Waals surface area contributed by atoms with Crippen molar-refractivity contribution in [2.75, 3.05) is 9.80 Å². The summed E-state index contributed by atoms with van der Waals surface area (Å²) in [5.74, 6) is 2.21. The third-order valence-corrected chi connectivity index (χ3v) is 17.6. The van der Waals surface area contributed by atoms with Crippen molar-refractivity contribution in [3.05, 3.63) is 149 Å². The highest BCUT2D eigenvalue weighted by molar-refractivity contribution is 7.33. The lowest BCUT2D eigenvalue weighted by Crippen LogP contribution is -2.60. The monoisotopic (exact) mass is 854 g/mol. The van der Waals surface area contributed by atoms with Crippen LogP contribution in [0.15, 0.2) is 115 Å². The first-order valence-corrected chi connectivity index (χ1v) is 25.0. The fourth-order valence-electron chi connectivity index (χ4n) is 12.8. The van der Waals surface area contributed by atoms with E-state index in [-0.39, 0.29) is 28.4 Å². The maximum atomic E-state index is 2.73. The minimum Gasteiger partial charge on any atom is -0.311 e. The Morgan fingerprint density at radius 3 is 1.80 bits per heavy atom. The van der Waals surface area contributed by atoms with Gasteiger partial charge in [0.15, 0.2) is 0 Å². The van der Waals surface area contributed by atoms with Gasteiger partial charge in [-0.3, -0.25) is 0 Å². The molecule has 64 heavy (non-hydrogen) atoms. The largest absolute Gasteiger partial charge is 0.311 e. The SMILES string of the molecule is CC(C)(C)c1ccc(N2c3ccc(C(C)(C)C)cc3B3c4sc5cc6c(cc5c4N(c4ccc(C(C)(C)C)cc4)c4cc(C5CC7CCC5C7)cc2c43)-c2ccccc2C6(C)C)cc1. The van der Waals surface area contributed by atoms with Crippen molar-refractivity contribution in [3.8, 4) is 11.1 Å². The number of thiophene rings is 1. The Bertz CT molecular complexity index is 3060. The number of fused-ring (bicyclic) bond motifs is 11. The van der Waals surface area contributed by atoms with E-state index in [0.29, 0.717) is 5.92 Å². The van der Waals surface area contributed by atoms with E-state index in [0.717, 1.165) is 11.8 Å². The van der Waals surface area contributed by atoms with Crippen molar-refractivity contribution in [2.24, 2.45) is 11.8 Å². The minimum atomic E-state index is -0.0686. The fourth-order valence-corrected chi connectivity index (χ4v) is 14.1. The lowest BCUT2D eigenvalue weighted by molar-refractivity contribution is 0.420. The molecule has 2 nitrogen and oxygen atoms in total. The Morgan fingerprint density at radius 2 is 1.19 bits per heavy atom. The van der Waals surface area contributed by atoms with Crippen molar-refractivity contribution in [1.82, 2.24) is 0 Å². The quantitative estimate of drug-likeness (QED) is 0.163. The van der Waals surface area contributed by atoms with Crippen LogP contribution in [0.2, 0.25) is 0 Å². The molecule has 4 heteroatoms. The van der Waals surface area contributed by atoms with Crippen molar-refractivity contribution < 1.29 is 0 Å². The average molecular weight is 855 g/mol. The van der Waals surface area contributed by atoms with Gasteiger partial charge in [0.25, 0.3) is 6.71 Å². The van der Waals surface area contributed by atoms with Gasteiger partial charge in [0.1, 0.15) is 0 Å². The maximum absolute atomic E-state index is 2.73. The number of anilines is 6. The lowest BCUT2D eigenvalue weighted by atomic mass is 9.36. The third kappa shape index (κ3) is 5.89. The van der Waals surface area contributed by atoms with Gasteiger partial charge >= 0.3 is 0 Å². The van der Waals surface area contributed by atoms with Crippen molar-refractivity contribution in [3.63, 3.8) is 0 Å². The molecule has 0 saturated heterocycles. The van der Waals surface area contributed by atoms with E-state index in [1.54, 1.807) is 0 Å². The van der Waals surface area contributed by atoms with Gasteiger partial charge in [0.05, 0.1) is 5.69 Å². The molecule has 0 amide bonds. The van der Waals surface area contributed by atoms with E-state index in [4.69, 9.17) is 0 Å². The molecule has 6 aromatic carbocycles. The van der Waals surface area contributed by atoms with E-state index in [1.165, 1.54) is 130 Å². The van der Waals surface area contributed by atoms with Gasteiger partial charge in [-0.1, -0.05) is 143 Å². The summed E-state index contributed by atoms with van der Waals surface area (Å²) in [7, 11) is 0. The molecule has 3 unspecified atom stereocenters. The van der Waals surface area contributed by atoms with Crippen LogP contribution in [-0.2, 0) is 21.7 Å². The number of benzene rings is 6. The maximum Gasteiger partial charge on any atom is 0.264 e. The van der Waals surface area contributed by atoms with Gasteiger partial charge in [-0.25, -0.2) is 0 Å². The zero-order valence-electron chi connectivity index (χ0n) is 39.9. The summed E-state index contributed by atoms with van der Waals surface area (Å²) in [5, 5.41) is 1.37. The summed E-state index contributed by atoms with van der Waals surface area (Å²) >= 11 is 2.05. The molecular formula is C60H63BN2S. The number of rotatable bonds is 3. The van der Waals surface area contributed by atoms with E-state index in [9.17, 15) is 0 Å². The molecule has 2 fully saturated rings. The molecule has 5 aliphatic rings. The predicted octanol–water partition coefficient (Wildman–Crippen LogP) is 15.1. The number of hydrogen-bond acceptors (Lipinski definition) is 3. The Hall–Kier alpha value is -5.06. The predicted molar refractivity (Wildman–Crippen MR) is 278 cm³/mol. The number of nitrogens with zero attached hydrogens (tertiary/aromatic N) is 2. The van der Waals surface area contributed by atoms with E-state index >= 15 is 0 Å². The molecule has 0 radical (unpaired) electrons. The summed E-state index contributed by atoms with van der Waals surface area (Å²) < 4.78 is 2.85. The second-order valence-corrected chi connectivity index (χ2v) is 24.9. The molecule has 2 aliphatic heterocycles. The molecule has 2 saturated carbocycles. The molecule has 1 aromatic heterocycles. The second-order valence-electron chi connectivity index (χ2n) is 23.9. The average Bonchev–Trinajstić information content (AvgIpc) is 4.04. The van der Waals surface area contributed by atoms with Gasteiger partial charge in [-0.15, -0.1) is 11.3 Å². The van der Waals surface area contributed by atoms with Crippen LogP contribution in [0.25, 0.3) is 21.2 Å². The normalized spacial score (nSPS) is 20.4. The standard InChI is InChI=1S/C60H63BN2S/c1-57(2,3)38-18-23-41(24-19-38)62-50-27-22-40(59(7,8)9)32-49(50)61-54-51(62)30-37(44-29-35-16-17-36(44)28-35)31-52(54)63(42-25-20-39(21-26-42)58(4,5)6)55-46-33-45-43-14-12-13-15-47(43)60(10,11)48(45)34-53(46)64-56(55)61/h12-15,18-27,30-36,44H,16-17,28-29H2,1-11H3. The highest BCUT2D eigenvalue weighted by Crippen LogP contribution is 2.57. The Kier molecular flexibility index (Phi) is 8.54. The van der Waals surface area contributed by atoms with Crippen LogP contribution >= 0.6 is 11.3 Å². The molecule has 2 bridgehead atoms. The molecule has 322 valence electrons. The van der Waals surface area contributed by atoms with Crippen LogP contribution in [0, 0.1) is 11.8 Å². The van der Waals surface area contributed by atoms with E-state index in [1.807, 2.05) is 11.3 Å². The second kappa shape index (κ2) is 13.5. The molecule has 12 rings (SSSR count). The van der Waals surface area contributed by atoms with Crippen LogP contribution in [0.4, 0.5) is 34.1 Å². The third-order valence-electron chi connectivity index (χ3n) is 16.4. The summed E-state index contributed by atoms with van der Waals surface area (Å²) in [6, 6.07) is 46.4. The van der Waals surface area contributed by atoms with Gasteiger partial charge in [0, 0.05) is 48.7 Å².